The van der Waals surface area contributed by atoms with Crippen molar-refractivity contribution in [1.29, 1.82) is 0 Å². The highest BCUT2D eigenvalue weighted by atomic mass is 16.2. The topological polar surface area (TPSA) is 69.7 Å². The van der Waals surface area contributed by atoms with E-state index in [1.54, 1.807) is 24.3 Å². The molecule has 1 saturated heterocycles. The van der Waals surface area contributed by atoms with E-state index in [-0.39, 0.29) is 17.7 Å². The summed E-state index contributed by atoms with van der Waals surface area (Å²) in [4.78, 5) is 39.8. The molecule has 23 heavy (non-hydrogen) atoms. The van der Waals surface area contributed by atoms with Crippen molar-refractivity contribution < 1.29 is 14.4 Å². The number of amides is 3. The molecule has 0 aromatic heterocycles. The largest absolute Gasteiger partial charge is 0.341 e. The fourth-order valence-electron chi connectivity index (χ4n) is 3.08. The molecule has 0 saturated carbocycles. The highest BCUT2D eigenvalue weighted by molar-refractivity contribution is 6.21. The van der Waals surface area contributed by atoms with Crippen molar-refractivity contribution in [3.63, 3.8) is 0 Å². The minimum atomic E-state index is -0.253. The quantitative estimate of drug-likeness (QED) is 0.838. The van der Waals surface area contributed by atoms with E-state index in [0.717, 1.165) is 32.6 Å². The van der Waals surface area contributed by atoms with Crippen LogP contribution in [0.5, 0.6) is 0 Å². The summed E-state index contributed by atoms with van der Waals surface area (Å²) in [6.07, 6.45) is 1.84. The lowest BCUT2D eigenvalue weighted by Gasteiger charge is -2.20. The van der Waals surface area contributed by atoms with E-state index in [0.29, 0.717) is 30.5 Å². The van der Waals surface area contributed by atoms with E-state index in [9.17, 15) is 14.4 Å². The van der Waals surface area contributed by atoms with Gasteiger partial charge in [-0.2, -0.15) is 0 Å². The fourth-order valence-corrected chi connectivity index (χ4v) is 3.08. The highest BCUT2D eigenvalue weighted by Gasteiger charge is 2.34. The molecule has 2 aliphatic heterocycles. The Labute approximate surface area is 135 Å². The summed E-state index contributed by atoms with van der Waals surface area (Å²) in [6, 6.07) is 6.85. The molecule has 3 rings (SSSR count). The molecule has 6 heteroatoms. The van der Waals surface area contributed by atoms with Crippen LogP contribution < -0.4 is 5.32 Å². The number of nitrogens with one attached hydrogen (secondary N) is 1. The van der Waals surface area contributed by atoms with Crippen LogP contribution in [-0.4, -0.2) is 60.2 Å². The molecule has 1 fully saturated rings. The molecule has 1 aromatic rings. The number of hydrogen-bond donors (Lipinski definition) is 1. The van der Waals surface area contributed by atoms with Crippen molar-refractivity contribution in [2.75, 3.05) is 32.7 Å². The van der Waals surface area contributed by atoms with Crippen LogP contribution >= 0.6 is 0 Å². The van der Waals surface area contributed by atoms with E-state index < -0.39 is 0 Å². The maximum absolute atomic E-state index is 12.2. The second-order valence-electron chi connectivity index (χ2n) is 5.90. The molecule has 3 amide bonds. The Morgan fingerprint density at radius 2 is 1.74 bits per heavy atom. The van der Waals surface area contributed by atoms with Crippen molar-refractivity contribution in [3.05, 3.63) is 35.4 Å². The molecule has 0 radical (unpaired) electrons. The maximum atomic E-state index is 12.2. The van der Waals surface area contributed by atoms with Gasteiger partial charge in [-0.3, -0.25) is 19.3 Å². The number of rotatable bonds is 4. The lowest BCUT2D eigenvalue weighted by molar-refractivity contribution is -0.131. The zero-order chi connectivity index (χ0) is 16.2. The summed E-state index contributed by atoms with van der Waals surface area (Å²) < 4.78 is 0. The number of fused-ring (bicyclic) bond motifs is 1. The molecule has 0 spiro atoms. The lowest BCUT2D eigenvalue weighted by atomic mass is 10.1. The van der Waals surface area contributed by atoms with Gasteiger partial charge in [0.15, 0.2) is 0 Å². The normalized spacial score (nSPS) is 18.1. The standard InChI is InChI=1S/C17H21N3O3/c21-15(19-10-4-8-18-9-12-19)7-3-11-20-16(22)13-5-1-2-6-14(13)17(20)23/h1-2,5-6,18H,3-4,7-12H2. The van der Waals surface area contributed by atoms with Gasteiger partial charge in [0.1, 0.15) is 0 Å². The molecule has 2 heterocycles. The molecule has 1 N–H and O–H groups in total. The Morgan fingerprint density at radius 3 is 2.43 bits per heavy atom. The van der Waals surface area contributed by atoms with Crippen molar-refractivity contribution in [2.24, 2.45) is 0 Å². The average Bonchev–Trinajstić information content (AvgIpc) is 2.78. The van der Waals surface area contributed by atoms with Crippen LogP contribution in [0.1, 0.15) is 40.0 Å². The third-order valence-corrected chi connectivity index (χ3v) is 4.34. The van der Waals surface area contributed by atoms with Crippen molar-refractivity contribution in [1.82, 2.24) is 15.1 Å². The van der Waals surface area contributed by atoms with Crippen LogP contribution in [0.2, 0.25) is 0 Å². The fraction of sp³-hybridized carbons (Fsp3) is 0.471. The molecule has 1 aromatic carbocycles. The van der Waals surface area contributed by atoms with E-state index in [4.69, 9.17) is 0 Å². The molecule has 0 unspecified atom stereocenters. The molecule has 0 atom stereocenters. The van der Waals surface area contributed by atoms with E-state index in [1.165, 1.54) is 4.90 Å². The van der Waals surface area contributed by atoms with E-state index >= 15 is 0 Å². The number of carbonyl (C=O) groups is 3. The van der Waals surface area contributed by atoms with Gasteiger partial charge in [-0.05, 0) is 31.5 Å². The van der Waals surface area contributed by atoms with Crippen LogP contribution in [0.15, 0.2) is 24.3 Å². The Balaban J connectivity index is 1.52. The van der Waals surface area contributed by atoms with Gasteiger partial charge in [-0.25, -0.2) is 0 Å². The molecule has 0 aliphatic carbocycles. The smallest absolute Gasteiger partial charge is 0.261 e. The molecule has 0 bridgehead atoms. The first kappa shape index (κ1) is 15.7. The third kappa shape index (κ3) is 3.27. The second kappa shape index (κ2) is 6.91. The van der Waals surface area contributed by atoms with E-state index in [2.05, 4.69) is 5.32 Å². The van der Waals surface area contributed by atoms with Crippen LogP contribution in [0.3, 0.4) is 0 Å². The maximum Gasteiger partial charge on any atom is 0.261 e. The van der Waals surface area contributed by atoms with Gasteiger partial charge in [-0.1, -0.05) is 12.1 Å². The average molecular weight is 315 g/mol. The molecular weight excluding hydrogens is 294 g/mol. The van der Waals surface area contributed by atoms with Gasteiger partial charge in [0.05, 0.1) is 11.1 Å². The van der Waals surface area contributed by atoms with E-state index in [1.807, 2.05) is 4.90 Å². The number of benzene rings is 1. The monoisotopic (exact) mass is 315 g/mol. The van der Waals surface area contributed by atoms with Crippen molar-refractivity contribution in [3.8, 4) is 0 Å². The molecule has 6 nitrogen and oxygen atoms in total. The van der Waals surface area contributed by atoms with Crippen LogP contribution in [0.4, 0.5) is 0 Å². The molecular formula is C17H21N3O3. The third-order valence-electron chi connectivity index (χ3n) is 4.34. The predicted octanol–water partition coefficient (Wildman–Crippen LogP) is 0.885. The Bertz CT molecular complexity index is 586. The summed E-state index contributed by atoms with van der Waals surface area (Å²) in [7, 11) is 0. The van der Waals surface area contributed by atoms with Crippen LogP contribution in [-0.2, 0) is 4.79 Å². The molecule has 122 valence electrons. The lowest BCUT2D eigenvalue weighted by Crippen LogP contribution is -2.35. The Morgan fingerprint density at radius 1 is 1.04 bits per heavy atom. The summed E-state index contributed by atoms with van der Waals surface area (Å²) in [5, 5.41) is 3.26. The number of nitrogens with zero attached hydrogens (tertiary/aromatic N) is 2. The van der Waals surface area contributed by atoms with Gasteiger partial charge in [0, 0.05) is 32.6 Å². The first-order valence-electron chi connectivity index (χ1n) is 8.12. The predicted molar refractivity (Wildman–Crippen MR) is 85.1 cm³/mol. The van der Waals surface area contributed by atoms with Gasteiger partial charge in [-0.15, -0.1) is 0 Å². The first-order chi connectivity index (χ1) is 11.2. The zero-order valence-corrected chi connectivity index (χ0v) is 13.1. The minimum absolute atomic E-state index is 0.102. The van der Waals surface area contributed by atoms with Gasteiger partial charge in [0.2, 0.25) is 5.91 Å². The number of imide groups is 1. The van der Waals surface area contributed by atoms with Gasteiger partial charge >= 0.3 is 0 Å². The summed E-state index contributed by atoms with van der Waals surface area (Å²) >= 11 is 0. The SMILES string of the molecule is O=C(CCCN1C(=O)c2ccccc2C1=O)N1CCCNCC1. The number of hydrogen-bond acceptors (Lipinski definition) is 4. The van der Waals surface area contributed by atoms with Crippen LogP contribution in [0, 0.1) is 0 Å². The zero-order valence-electron chi connectivity index (χ0n) is 13.1. The molecule has 2 aliphatic rings. The number of carbonyl (C=O) groups excluding carboxylic acids is 3. The van der Waals surface area contributed by atoms with Gasteiger partial charge < -0.3 is 10.2 Å². The summed E-state index contributed by atoms with van der Waals surface area (Å²) in [6.45, 7) is 3.57. The summed E-state index contributed by atoms with van der Waals surface area (Å²) in [5.74, 6) is -0.403. The summed E-state index contributed by atoms with van der Waals surface area (Å²) in [5.41, 5.74) is 0.921. The van der Waals surface area contributed by atoms with Crippen molar-refractivity contribution >= 4 is 17.7 Å². The minimum Gasteiger partial charge on any atom is -0.341 e. The first-order valence-corrected chi connectivity index (χ1v) is 8.12. The Kier molecular flexibility index (Phi) is 4.71. The van der Waals surface area contributed by atoms with Crippen molar-refractivity contribution in [2.45, 2.75) is 19.3 Å². The van der Waals surface area contributed by atoms with Crippen LogP contribution in [0.25, 0.3) is 0 Å². The highest BCUT2D eigenvalue weighted by Crippen LogP contribution is 2.22. The van der Waals surface area contributed by atoms with Gasteiger partial charge in [0.25, 0.3) is 11.8 Å². The second-order valence-corrected chi connectivity index (χ2v) is 5.90. The Hall–Kier alpha value is -2.21.